The third kappa shape index (κ3) is 4.98. The van der Waals surface area contributed by atoms with E-state index in [0.717, 1.165) is 25.9 Å². The first-order chi connectivity index (χ1) is 14.6. The zero-order valence-corrected chi connectivity index (χ0v) is 16.2. The lowest BCUT2D eigenvalue weighted by Gasteiger charge is -2.31. The largest absolute Gasteiger partial charge is 0.435 e. The lowest BCUT2D eigenvalue weighted by Crippen LogP contribution is -2.36. The minimum absolute atomic E-state index is 0.0754. The Kier molecular flexibility index (Phi) is 6.29. The molecule has 1 N–H and O–H groups in total. The van der Waals surface area contributed by atoms with Gasteiger partial charge in [0.25, 0.3) is 0 Å². The number of rotatable bonds is 7. The number of hydrogen-bond donors (Lipinski definition) is 1. The summed E-state index contributed by atoms with van der Waals surface area (Å²) < 4.78 is 34.3. The molecule has 0 saturated carbocycles. The van der Waals surface area contributed by atoms with Gasteiger partial charge in [-0.25, -0.2) is 0 Å². The smallest absolute Gasteiger partial charge is 0.387 e. The fourth-order valence-electron chi connectivity index (χ4n) is 3.58. The lowest BCUT2D eigenvalue weighted by molar-refractivity contribution is -0.0498. The van der Waals surface area contributed by atoms with Crippen LogP contribution in [0.25, 0.3) is 11.5 Å². The molecule has 0 spiro atoms. The Morgan fingerprint density at radius 1 is 1.13 bits per heavy atom. The van der Waals surface area contributed by atoms with Gasteiger partial charge in [-0.15, -0.1) is 0 Å². The number of benzene rings is 1. The summed E-state index contributed by atoms with van der Waals surface area (Å²) in [5.41, 5.74) is 1.34. The fourth-order valence-corrected chi connectivity index (χ4v) is 3.58. The molecule has 7 nitrogen and oxygen atoms in total. The molecule has 0 amide bonds. The van der Waals surface area contributed by atoms with Crippen LogP contribution in [0.15, 0.2) is 53.2 Å². The lowest BCUT2D eigenvalue weighted by atomic mass is 9.96. The number of alkyl halides is 2. The summed E-state index contributed by atoms with van der Waals surface area (Å²) in [7, 11) is 0. The van der Waals surface area contributed by atoms with Gasteiger partial charge in [-0.05, 0) is 55.8 Å². The summed E-state index contributed by atoms with van der Waals surface area (Å²) in [5, 5.41) is 14.5. The number of nitrogens with zero attached hydrogens (tertiary/aromatic N) is 4. The highest BCUT2D eigenvalue weighted by molar-refractivity contribution is 5.47. The minimum atomic E-state index is -2.86. The second-order valence-electron chi connectivity index (χ2n) is 7.21. The monoisotopic (exact) mass is 416 g/mol. The first-order valence-corrected chi connectivity index (χ1v) is 9.78. The van der Waals surface area contributed by atoms with E-state index in [2.05, 4.69) is 24.8 Å². The minimum Gasteiger partial charge on any atom is -0.435 e. The molecule has 0 aliphatic carbocycles. The highest BCUT2D eigenvalue weighted by Gasteiger charge is 2.26. The van der Waals surface area contributed by atoms with Crippen LogP contribution >= 0.6 is 0 Å². The molecule has 3 aromatic rings. The van der Waals surface area contributed by atoms with Crippen LogP contribution in [0.5, 0.6) is 5.75 Å². The molecule has 1 aromatic carbocycles. The Labute approximate surface area is 172 Å². The van der Waals surface area contributed by atoms with Crippen molar-refractivity contribution in [1.29, 1.82) is 0 Å². The van der Waals surface area contributed by atoms with Crippen molar-refractivity contribution in [1.82, 2.24) is 20.0 Å². The number of ether oxygens (including phenoxy) is 1. The van der Waals surface area contributed by atoms with E-state index in [-0.39, 0.29) is 11.7 Å². The molecule has 30 heavy (non-hydrogen) atoms. The van der Waals surface area contributed by atoms with Gasteiger partial charge in [-0.2, -0.15) is 13.8 Å². The Morgan fingerprint density at radius 3 is 2.57 bits per heavy atom. The number of β-amino-alcohol motifs (C(OH)–C–C–N with tert-alkyl or cyclic N) is 1. The van der Waals surface area contributed by atoms with Crippen molar-refractivity contribution in [2.24, 2.45) is 0 Å². The molecule has 1 saturated heterocycles. The van der Waals surface area contributed by atoms with Crippen LogP contribution in [-0.4, -0.2) is 51.4 Å². The van der Waals surface area contributed by atoms with Crippen molar-refractivity contribution in [2.75, 3.05) is 19.6 Å². The van der Waals surface area contributed by atoms with Gasteiger partial charge in [0.2, 0.25) is 11.7 Å². The first kappa shape index (κ1) is 20.4. The van der Waals surface area contributed by atoms with E-state index in [1.165, 1.54) is 12.1 Å². The molecule has 1 unspecified atom stereocenters. The zero-order chi connectivity index (χ0) is 20.9. The number of pyridine rings is 1. The van der Waals surface area contributed by atoms with E-state index in [9.17, 15) is 13.9 Å². The third-order valence-corrected chi connectivity index (χ3v) is 5.19. The van der Waals surface area contributed by atoms with Crippen molar-refractivity contribution >= 4 is 0 Å². The molecular formula is C21H22F2N4O3. The summed E-state index contributed by atoms with van der Waals surface area (Å²) in [4.78, 5) is 10.9. The van der Waals surface area contributed by atoms with E-state index in [1.807, 2.05) is 18.2 Å². The van der Waals surface area contributed by atoms with Crippen molar-refractivity contribution in [3.63, 3.8) is 0 Å². The summed E-state index contributed by atoms with van der Waals surface area (Å²) in [5.74, 6) is 1.36. The first-order valence-electron chi connectivity index (χ1n) is 9.78. The average Bonchev–Trinajstić information content (AvgIpc) is 3.25. The molecule has 2 aromatic heterocycles. The zero-order valence-electron chi connectivity index (χ0n) is 16.2. The molecular weight excluding hydrogens is 394 g/mol. The highest BCUT2D eigenvalue weighted by atomic mass is 19.3. The van der Waals surface area contributed by atoms with Crippen molar-refractivity contribution in [3.8, 4) is 17.3 Å². The Balaban J connectivity index is 1.29. The number of aliphatic hydroxyl groups is 1. The molecule has 1 aliphatic rings. The maximum absolute atomic E-state index is 12.2. The average molecular weight is 416 g/mol. The number of halogens is 2. The van der Waals surface area contributed by atoms with E-state index in [4.69, 9.17) is 4.52 Å². The van der Waals surface area contributed by atoms with Gasteiger partial charge in [0.15, 0.2) is 0 Å². The predicted molar refractivity (Wildman–Crippen MR) is 104 cm³/mol. The van der Waals surface area contributed by atoms with Crippen molar-refractivity contribution in [3.05, 3.63) is 60.1 Å². The van der Waals surface area contributed by atoms with Gasteiger partial charge in [-0.1, -0.05) is 23.4 Å². The van der Waals surface area contributed by atoms with E-state index < -0.39 is 12.7 Å². The van der Waals surface area contributed by atoms with Crippen LogP contribution in [-0.2, 0) is 0 Å². The SMILES string of the molecule is OC(CN1CCC(c2nc(-c3ccccn3)no2)CC1)c1ccc(OC(F)F)cc1. The third-order valence-electron chi connectivity index (χ3n) is 5.19. The maximum Gasteiger partial charge on any atom is 0.387 e. The number of aromatic nitrogens is 3. The Bertz CT molecular complexity index is 929. The van der Waals surface area contributed by atoms with Gasteiger partial charge in [-0.3, -0.25) is 4.98 Å². The molecule has 1 atom stereocenters. The second kappa shape index (κ2) is 9.27. The second-order valence-corrected chi connectivity index (χ2v) is 7.21. The van der Waals surface area contributed by atoms with Gasteiger partial charge < -0.3 is 19.3 Å². The molecule has 1 aliphatic heterocycles. The predicted octanol–water partition coefficient (Wildman–Crippen LogP) is 3.65. The normalized spacial score (nSPS) is 16.7. The fraction of sp³-hybridized carbons (Fsp3) is 0.381. The topological polar surface area (TPSA) is 84.5 Å². The van der Waals surface area contributed by atoms with Gasteiger partial charge in [0.1, 0.15) is 11.4 Å². The molecule has 0 bridgehead atoms. The molecule has 158 valence electrons. The van der Waals surface area contributed by atoms with Crippen molar-refractivity contribution < 1.29 is 23.1 Å². The molecule has 1 fully saturated rings. The number of hydrogen-bond acceptors (Lipinski definition) is 7. The quantitative estimate of drug-likeness (QED) is 0.629. The highest BCUT2D eigenvalue weighted by Crippen LogP contribution is 2.29. The Morgan fingerprint density at radius 2 is 1.90 bits per heavy atom. The van der Waals surface area contributed by atoms with E-state index in [1.54, 1.807) is 18.3 Å². The van der Waals surface area contributed by atoms with Gasteiger partial charge >= 0.3 is 6.61 Å². The van der Waals surface area contributed by atoms with Gasteiger partial charge in [0, 0.05) is 18.7 Å². The van der Waals surface area contributed by atoms with Crippen LogP contribution < -0.4 is 4.74 Å². The van der Waals surface area contributed by atoms with Crippen LogP contribution in [0.3, 0.4) is 0 Å². The summed E-state index contributed by atoms with van der Waals surface area (Å²) in [6, 6.07) is 11.6. The van der Waals surface area contributed by atoms with Crippen LogP contribution in [0, 0.1) is 0 Å². The van der Waals surface area contributed by atoms with E-state index in [0.29, 0.717) is 29.5 Å². The summed E-state index contributed by atoms with van der Waals surface area (Å²) in [6.07, 6.45) is 2.67. The van der Waals surface area contributed by atoms with Crippen LogP contribution in [0.1, 0.15) is 36.3 Å². The number of piperidine rings is 1. The van der Waals surface area contributed by atoms with Crippen molar-refractivity contribution in [2.45, 2.75) is 31.5 Å². The molecule has 3 heterocycles. The van der Waals surface area contributed by atoms with Crippen LogP contribution in [0.2, 0.25) is 0 Å². The standard InChI is InChI=1S/C21H22F2N4O3/c22-21(23)29-16-6-4-14(5-7-16)18(28)13-27-11-8-15(9-12-27)20-25-19(26-30-20)17-3-1-2-10-24-17/h1-7,10,15,18,21,28H,8-9,11-13H2. The summed E-state index contributed by atoms with van der Waals surface area (Å²) in [6.45, 7) is -0.823. The molecule has 0 radical (unpaired) electrons. The molecule has 9 heteroatoms. The Hall–Kier alpha value is -2.91. The van der Waals surface area contributed by atoms with E-state index >= 15 is 0 Å². The molecule has 4 rings (SSSR count). The van der Waals surface area contributed by atoms with Gasteiger partial charge in [0.05, 0.1) is 6.10 Å². The number of aliphatic hydroxyl groups excluding tert-OH is 1. The number of likely N-dealkylation sites (tertiary alicyclic amines) is 1. The summed E-state index contributed by atoms with van der Waals surface area (Å²) >= 11 is 0. The van der Waals surface area contributed by atoms with Crippen LogP contribution in [0.4, 0.5) is 8.78 Å². The maximum atomic E-state index is 12.2.